The molecule has 24 heavy (non-hydrogen) atoms. The fraction of sp³-hybridized carbons (Fsp3) is 0.611. The third-order valence-electron chi connectivity index (χ3n) is 3.88. The second-order valence-corrected chi connectivity index (χ2v) is 6.90. The molecule has 2 rings (SSSR count). The monoisotopic (exact) mass is 463 g/mol. The molecule has 0 unspecified atom stereocenters. The van der Waals surface area contributed by atoms with E-state index in [1.165, 1.54) is 37.0 Å². The van der Waals surface area contributed by atoms with Crippen LogP contribution in [0.2, 0.25) is 0 Å². The zero-order chi connectivity index (χ0) is 16.3. The summed E-state index contributed by atoms with van der Waals surface area (Å²) in [7, 11) is 1.81. The Morgan fingerprint density at radius 3 is 2.75 bits per heavy atom. The highest BCUT2D eigenvalue weighted by molar-refractivity contribution is 14.0. The van der Waals surface area contributed by atoms with Gasteiger partial charge >= 0.3 is 0 Å². The van der Waals surface area contributed by atoms with Crippen LogP contribution in [0.5, 0.6) is 5.75 Å². The smallest absolute Gasteiger partial charge is 0.191 e. The van der Waals surface area contributed by atoms with Crippen LogP contribution in [-0.4, -0.2) is 38.2 Å². The highest BCUT2D eigenvalue weighted by Crippen LogP contribution is 2.30. The minimum Gasteiger partial charge on any atom is -0.493 e. The average molecular weight is 463 g/mol. The van der Waals surface area contributed by atoms with Crippen molar-refractivity contribution in [1.29, 1.82) is 0 Å². The van der Waals surface area contributed by atoms with Gasteiger partial charge in [0.15, 0.2) is 5.96 Å². The van der Waals surface area contributed by atoms with E-state index < -0.39 is 0 Å². The van der Waals surface area contributed by atoms with Crippen LogP contribution in [0.25, 0.3) is 0 Å². The Balaban J connectivity index is 0.00000288. The number of benzene rings is 1. The molecule has 6 heteroatoms. The lowest BCUT2D eigenvalue weighted by Crippen LogP contribution is -2.37. The van der Waals surface area contributed by atoms with E-state index >= 15 is 0 Å². The van der Waals surface area contributed by atoms with Gasteiger partial charge in [-0.15, -0.1) is 24.0 Å². The molecular formula is C18H30IN3OS. The first-order chi connectivity index (χ1) is 11.3. The van der Waals surface area contributed by atoms with Gasteiger partial charge in [-0.3, -0.25) is 4.99 Å². The molecule has 1 aliphatic carbocycles. The summed E-state index contributed by atoms with van der Waals surface area (Å²) in [6, 6.07) is 8.25. The molecule has 0 amide bonds. The van der Waals surface area contributed by atoms with Gasteiger partial charge in [0.25, 0.3) is 0 Å². The number of hydrogen-bond acceptors (Lipinski definition) is 3. The molecule has 0 bridgehead atoms. The summed E-state index contributed by atoms with van der Waals surface area (Å²) >= 11 is 1.90. The number of aliphatic imine (C=N–C) groups is 1. The van der Waals surface area contributed by atoms with Crippen LogP contribution in [0.3, 0.4) is 0 Å². The van der Waals surface area contributed by atoms with Crippen LogP contribution in [-0.2, 0) is 6.54 Å². The van der Waals surface area contributed by atoms with Crippen LogP contribution >= 0.6 is 35.7 Å². The first kappa shape index (κ1) is 21.4. The van der Waals surface area contributed by atoms with Crippen molar-refractivity contribution in [3.63, 3.8) is 0 Å². The summed E-state index contributed by atoms with van der Waals surface area (Å²) in [5, 5.41) is 6.74. The van der Waals surface area contributed by atoms with Crippen molar-refractivity contribution in [2.24, 2.45) is 10.9 Å². The van der Waals surface area contributed by atoms with E-state index in [2.05, 4.69) is 40.1 Å². The minimum atomic E-state index is 0. The molecular weight excluding hydrogens is 433 g/mol. The third-order valence-corrected chi connectivity index (χ3v) is 4.58. The number of thioether (sulfide) groups is 1. The van der Waals surface area contributed by atoms with Crippen molar-refractivity contribution in [1.82, 2.24) is 10.6 Å². The molecule has 0 saturated heterocycles. The standard InChI is InChI=1S/C18H29N3OS.HI/c1-19-18(20-11-5-6-12-23-2)21-13-16-7-3-4-8-17(16)22-14-15-9-10-15;/h3-4,7-8,15H,5-6,9-14H2,1-2H3,(H2,19,20,21);1H. The zero-order valence-electron chi connectivity index (χ0n) is 14.7. The molecule has 0 heterocycles. The van der Waals surface area contributed by atoms with Crippen LogP contribution in [0, 0.1) is 5.92 Å². The second-order valence-electron chi connectivity index (χ2n) is 5.91. The van der Waals surface area contributed by atoms with Gasteiger partial charge < -0.3 is 15.4 Å². The first-order valence-corrected chi connectivity index (χ1v) is 9.87. The number of rotatable bonds is 10. The van der Waals surface area contributed by atoms with Gasteiger partial charge in [-0.1, -0.05) is 18.2 Å². The molecule has 0 aliphatic heterocycles. The fourth-order valence-electron chi connectivity index (χ4n) is 2.26. The largest absolute Gasteiger partial charge is 0.493 e. The summed E-state index contributed by atoms with van der Waals surface area (Å²) < 4.78 is 5.95. The van der Waals surface area contributed by atoms with Gasteiger partial charge in [0.05, 0.1) is 6.61 Å². The minimum absolute atomic E-state index is 0. The van der Waals surface area contributed by atoms with Crippen LogP contribution in [0.4, 0.5) is 0 Å². The number of hydrogen-bond donors (Lipinski definition) is 2. The van der Waals surface area contributed by atoms with E-state index in [0.717, 1.165) is 37.3 Å². The van der Waals surface area contributed by atoms with Crippen molar-refractivity contribution in [2.75, 3.05) is 32.2 Å². The number of para-hydroxylation sites is 1. The Labute approximate surface area is 167 Å². The molecule has 136 valence electrons. The van der Waals surface area contributed by atoms with Crippen LogP contribution in [0.15, 0.2) is 29.3 Å². The Hall–Kier alpha value is -0.630. The molecule has 0 aromatic heterocycles. The lowest BCUT2D eigenvalue weighted by Gasteiger charge is -2.14. The van der Waals surface area contributed by atoms with E-state index in [1.54, 1.807) is 0 Å². The normalized spacial score (nSPS) is 14.0. The van der Waals surface area contributed by atoms with Crippen LogP contribution in [0.1, 0.15) is 31.2 Å². The second kappa shape index (κ2) is 12.7. The van der Waals surface area contributed by atoms with E-state index in [4.69, 9.17) is 4.74 Å². The lowest BCUT2D eigenvalue weighted by atomic mass is 10.2. The van der Waals surface area contributed by atoms with Gasteiger partial charge in [-0.2, -0.15) is 11.8 Å². The van der Waals surface area contributed by atoms with Gasteiger partial charge in [0.1, 0.15) is 5.75 Å². The molecule has 1 aromatic carbocycles. The van der Waals surface area contributed by atoms with E-state index in [0.29, 0.717) is 0 Å². The predicted molar refractivity (Wildman–Crippen MR) is 116 cm³/mol. The molecule has 2 N–H and O–H groups in total. The van der Waals surface area contributed by atoms with Crippen molar-refractivity contribution in [3.05, 3.63) is 29.8 Å². The molecule has 0 atom stereocenters. The SMILES string of the molecule is CN=C(NCCCCSC)NCc1ccccc1OCC1CC1.I. The van der Waals surface area contributed by atoms with Crippen molar-refractivity contribution >= 4 is 41.7 Å². The highest BCUT2D eigenvalue weighted by Gasteiger charge is 2.22. The maximum atomic E-state index is 5.95. The van der Waals surface area contributed by atoms with Crippen LogP contribution < -0.4 is 15.4 Å². The summed E-state index contributed by atoms with van der Waals surface area (Å²) in [5.41, 5.74) is 1.18. The molecule has 0 spiro atoms. The first-order valence-electron chi connectivity index (χ1n) is 8.47. The topological polar surface area (TPSA) is 45.7 Å². The number of guanidine groups is 1. The van der Waals surface area contributed by atoms with Crippen molar-refractivity contribution in [2.45, 2.75) is 32.2 Å². The molecule has 0 radical (unpaired) electrons. The third kappa shape index (κ3) is 8.46. The highest BCUT2D eigenvalue weighted by atomic mass is 127. The summed E-state index contributed by atoms with van der Waals surface area (Å²) in [6.07, 6.45) is 7.18. The van der Waals surface area contributed by atoms with Crippen molar-refractivity contribution < 1.29 is 4.74 Å². The van der Waals surface area contributed by atoms with E-state index in [9.17, 15) is 0 Å². The quantitative estimate of drug-likeness (QED) is 0.239. The molecule has 1 saturated carbocycles. The average Bonchev–Trinajstić information content (AvgIpc) is 3.40. The molecule has 1 fully saturated rings. The summed E-state index contributed by atoms with van der Waals surface area (Å²) in [5.74, 6) is 3.83. The summed E-state index contributed by atoms with van der Waals surface area (Å²) in [6.45, 7) is 2.53. The van der Waals surface area contributed by atoms with Crippen molar-refractivity contribution in [3.8, 4) is 5.75 Å². The number of nitrogens with one attached hydrogen (secondary N) is 2. The van der Waals surface area contributed by atoms with Gasteiger partial charge in [-0.25, -0.2) is 0 Å². The van der Waals surface area contributed by atoms with E-state index in [-0.39, 0.29) is 24.0 Å². The summed E-state index contributed by atoms with van der Waals surface area (Å²) in [4.78, 5) is 4.28. The number of ether oxygens (including phenoxy) is 1. The number of unbranched alkanes of at least 4 members (excludes halogenated alkanes) is 1. The lowest BCUT2D eigenvalue weighted by molar-refractivity contribution is 0.296. The van der Waals surface area contributed by atoms with E-state index in [1.807, 2.05) is 24.9 Å². The Kier molecular flexibility index (Phi) is 11.3. The predicted octanol–water partition coefficient (Wildman–Crippen LogP) is 3.90. The Morgan fingerprint density at radius 2 is 2.04 bits per heavy atom. The fourth-order valence-corrected chi connectivity index (χ4v) is 2.75. The maximum Gasteiger partial charge on any atom is 0.191 e. The van der Waals surface area contributed by atoms with Gasteiger partial charge in [-0.05, 0) is 49.7 Å². The maximum absolute atomic E-state index is 5.95. The Morgan fingerprint density at radius 1 is 1.25 bits per heavy atom. The zero-order valence-corrected chi connectivity index (χ0v) is 17.9. The number of nitrogens with zero attached hydrogens (tertiary/aromatic N) is 1. The van der Waals surface area contributed by atoms with Gasteiger partial charge in [0.2, 0.25) is 0 Å². The number of halogens is 1. The molecule has 1 aromatic rings. The van der Waals surface area contributed by atoms with Gasteiger partial charge in [0, 0.05) is 25.7 Å². The Bertz CT molecular complexity index is 495. The molecule has 1 aliphatic rings. The molecule has 4 nitrogen and oxygen atoms in total.